The van der Waals surface area contributed by atoms with Crippen LogP contribution in [0.5, 0.6) is 0 Å². The quantitative estimate of drug-likeness (QED) is 0.555. The van der Waals surface area contributed by atoms with Gasteiger partial charge in [-0.3, -0.25) is 4.79 Å². The van der Waals surface area contributed by atoms with Crippen LogP contribution in [0.15, 0.2) is 42.0 Å². The summed E-state index contributed by atoms with van der Waals surface area (Å²) in [6, 6.07) is 9.97. The molecule has 0 radical (unpaired) electrons. The zero-order valence-electron chi connectivity index (χ0n) is 8.81. The maximum atomic E-state index is 11.0. The third-order valence-corrected chi connectivity index (χ3v) is 2.78. The summed E-state index contributed by atoms with van der Waals surface area (Å²) in [4.78, 5) is 11.0. The van der Waals surface area contributed by atoms with Crippen molar-refractivity contribution >= 4 is 11.9 Å². The molecule has 1 aliphatic carbocycles. The van der Waals surface area contributed by atoms with Gasteiger partial charge < -0.3 is 0 Å². The Hall–Kier alpha value is -2.14. The third kappa shape index (κ3) is 1.80. The first-order chi connectivity index (χ1) is 7.86. The molecular weight excluding hydrogens is 198 g/mol. The monoisotopic (exact) mass is 209 g/mol. The van der Waals surface area contributed by atoms with E-state index in [1.54, 1.807) is 6.08 Å². The second kappa shape index (κ2) is 4.59. The number of aldehydes is 1. The van der Waals surface area contributed by atoms with Crippen molar-refractivity contribution in [3.05, 3.63) is 53.1 Å². The fourth-order valence-electron chi connectivity index (χ4n) is 2.02. The molecule has 16 heavy (non-hydrogen) atoms. The Morgan fingerprint density at radius 3 is 2.81 bits per heavy atom. The summed E-state index contributed by atoms with van der Waals surface area (Å²) >= 11 is 0. The van der Waals surface area contributed by atoms with E-state index in [4.69, 9.17) is 5.26 Å². The molecule has 0 aliphatic heterocycles. The zero-order valence-corrected chi connectivity index (χ0v) is 8.81. The summed E-state index contributed by atoms with van der Waals surface area (Å²) in [5, 5.41) is 8.56. The molecule has 0 saturated carbocycles. The molecule has 78 valence electrons. The molecule has 0 saturated heterocycles. The third-order valence-electron chi connectivity index (χ3n) is 2.78. The second-order valence-corrected chi connectivity index (χ2v) is 3.68. The van der Waals surface area contributed by atoms with Crippen LogP contribution in [0.4, 0.5) is 0 Å². The number of fused-ring (bicyclic) bond motifs is 1. The summed E-state index contributed by atoms with van der Waals surface area (Å²) in [5.41, 5.74) is 3.98. The highest BCUT2D eigenvalue weighted by molar-refractivity contribution is 5.94. The van der Waals surface area contributed by atoms with Gasteiger partial charge in [0.2, 0.25) is 0 Å². The summed E-state index contributed by atoms with van der Waals surface area (Å²) < 4.78 is 0. The van der Waals surface area contributed by atoms with Crippen molar-refractivity contribution in [2.45, 2.75) is 12.8 Å². The van der Waals surface area contributed by atoms with Crippen LogP contribution in [0.2, 0.25) is 0 Å². The minimum atomic E-state index is 0.756. The molecule has 0 aromatic heterocycles. The lowest BCUT2D eigenvalue weighted by atomic mass is 9.86. The Labute approximate surface area is 94.5 Å². The Bertz CT molecular complexity index is 518. The molecular formula is C14H11NO. The Morgan fingerprint density at radius 1 is 1.25 bits per heavy atom. The largest absolute Gasteiger partial charge is 0.298 e. The molecule has 0 unspecified atom stereocenters. The molecule has 1 aromatic rings. The molecule has 0 spiro atoms. The summed E-state index contributed by atoms with van der Waals surface area (Å²) in [5.74, 6) is 0. The number of carbonyl (C=O) groups excluding carboxylic acids is 1. The lowest BCUT2D eigenvalue weighted by molar-refractivity contribution is -0.105. The highest BCUT2D eigenvalue weighted by atomic mass is 16.1. The standard InChI is InChI=1S/C14H11NO/c15-9-3-6-14-12(10-16)8-7-11-4-1-2-5-13(11)14/h1-6,10H,7-8H2/b6-3+. The number of benzene rings is 1. The number of hydrogen-bond donors (Lipinski definition) is 0. The maximum absolute atomic E-state index is 11.0. The fourth-order valence-corrected chi connectivity index (χ4v) is 2.02. The van der Waals surface area contributed by atoms with E-state index in [0.717, 1.165) is 35.8 Å². The van der Waals surface area contributed by atoms with Gasteiger partial charge >= 0.3 is 0 Å². The summed E-state index contributed by atoms with van der Waals surface area (Å²) in [7, 11) is 0. The van der Waals surface area contributed by atoms with Gasteiger partial charge in [0.15, 0.2) is 0 Å². The Morgan fingerprint density at radius 2 is 2.06 bits per heavy atom. The SMILES string of the molecule is N#C/C=C/C1=C(C=O)CCc2ccccc21. The lowest BCUT2D eigenvalue weighted by Crippen LogP contribution is -2.04. The smallest absolute Gasteiger partial charge is 0.146 e. The van der Waals surface area contributed by atoms with Crippen molar-refractivity contribution in [2.24, 2.45) is 0 Å². The van der Waals surface area contributed by atoms with E-state index in [9.17, 15) is 4.79 Å². The van der Waals surface area contributed by atoms with Crippen LogP contribution >= 0.6 is 0 Å². The normalized spacial score (nSPS) is 14.7. The highest BCUT2D eigenvalue weighted by Gasteiger charge is 2.15. The van der Waals surface area contributed by atoms with Crippen molar-refractivity contribution in [2.75, 3.05) is 0 Å². The summed E-state index contributed by atoms with van der Waals surface area (Å²) in [6.07, 6.45) is 5.69. The van der Waals surface area contributed by atoms with Crippen molar-refractivity contribution in [3.8, 4) is 6.07 Å². The number of hydrogen-bond acceptors (Lipinski definition) is 2. The molecule has 0 N–H and O–H groups in total. The first-order valence-corrected chi connectivity index (χ1v) is 5.19. The van der Waals surface area contributed by atoms with Crippen LogP contribution in [0.3, 0.4) is 0 Å². The van der Waals surface area contributed by atoms with Crippen molar-refractivity contribution in [1.29, 1.82) is 5.26 Å². The molecule has 2 heteroatoms. The number of nitriles is 1. The minimum Gasteiger partial charge on any atom is -0.298 e. The molecule has 1 aliphatic rings. The van der Waals surface area contributed by atoms with Crippen LogP contribution in [0.1, 0.15) is 17.5 Å². The minimum absolute atomic E-state index is 0.756. The number of allylic oxidation sites excluding steroid dienone is 4. The summed E-state index contributed by atoms with van der Waals surface area (Å²) in [6.45, 7) is 0. The van der Waals surface area contributed by atoms with E-state index in [1.165, 1.54) is 11.6 Å². The van der Waals surface area contributed by atoms with Gasteiger partial charge in [-0.05, 0) is 35.6 Å². The number of rotatable bonds is 2. The number of nitrogens with zero attached hydrogens (tertiary/aromatic N) is 1. The van der Waals surface area contributed by atoms with Crippen LogP contribution < -0.4 is 0 Å². The van der Waals surface area contributed by atoms with Gasteiger partial charge in [-0.25, -0.2) is 0 Å². The van der Waals surface area contributed by atoms with E-state index in [1.807, 2.05) is 24.3 Å². The molecule has 0 bridgehead atoms. The first kappa shape index (κ1) is 10.4. The van der Waals surface area contributed by atoms with Crippen molar-refractivity contribution in [3.63, 3.8) is 0 Å². The van der Waals surface area contributed by atoms with E-state index >= 15 is 0 Å². The maximum Gasteiger partial charge on any atom is 0.146 e. The molecule has 0 fully saturated rings. The van der Waals surface area contributed by atoms with Crippen LogP contribution in [0, 0.1) is 11.3 Å². The van der Waals surface area contributed by atoms with E-state index in [2.05, 4.69) is 6.07 Å². The lowest BCUT2D eigenvalue weighted by Gasteiger charge is -2.18. The molecule has 2 rings (SSSR count). The van der Waals surface area contributed by atoms with Gasteiger partial charge in [-0.15, -0.1) is 0 Å². The van der Waals surface area contributed by atoms with E-state index < -0.39 is 0 Å². The fraction of sp³-hybridized carbons (Fsp3) is 0.143. The second-order valence-electron chi connectivity index (χ2n) is 3.68. The zero-order chi connectivity index (χ0) is 11.4. The number of carbonyl (C=O) groups is 1. The van der Waals surface area contributed by atoms with E-state index in [0.29, 0.717) is 0 Å². The van der Waals surface area contributed by atoms with Gasteiger partial charge in [0.05, 0.1) is 6.07 Å². The van der Waals surface area contributed by atoms with E-state index in [-0.39, 0.29) is 0 Å². The average molecular weight is 209 g/mol. The van der Waals surface area contributed by atoms with Gasteiger partial charge in [-0.1, -0.05) is 24.3 Å². The molecule has 2 nitrogen and oxygen atoms in total. The first-order valence-electron chi connectivity index (χ1n) is 5.19. The topological polar surface area (TPSA) is 40.9 Å². The van der Waals surface area contributed by atoms with Gasteiger partial charge in [0.1, 0.15) is 6.29 Å². The number of aryl methyl sites for hydroxylation is 1. The van der Waals surface area contributed by atoms with Gasteiger partial charge in [0, 0.05) is 11.6 Å². The molecule has 0 atom stereocenters. The predicted molar refractivity (Wildman–Crippen MR) is 62.5 cm³/mol. The molecule has 1 aromatic carbocycles. The van der Waals surface area contributed by atoms with Gasteiger partial charge in [-0.2, -0.15) is 5.26 Å². The molecule has 0 amide bonds. The highest BCUT2D eigenvalue weighted by Crippen LogP contribution is 2.31. The van der Waals surface area contributed by atoms with Crippen LogP contribution in [0.25, 0.3) is 5.57 Å². The van der Waals surface area contributed by atoms with Crippen molar-refractivity contribution in [1.82, 2.24) is 0 Å². The average Bonchev–Trinajstić information content (AvgIpc) is 2.35. The molecule has 0 heterocycles. The van der Waals surface area contributed by atoms with Crippen molar-refractivity contribution < 1.29 is 4.79 Å². The predicted octanol–water partition coefficient (Wildman–Crippen LogP) is 2.67. The Kier molecular flexibility index (Phi) is 2.98. The Balaban J connectivity index is 2.57. The van der Waals surface area contributed by atoms with Crippen LogP contribution in [-0.4, -0.2) is 6.29 Å². The van der Waals surface area contributed by atoms with Gasteiger partial charge in [0.25, 0.3) is 0 Å². The van der Waals surface area contributed by atoms with Crippen LogP contribution in [-0.2, 0) is 11.2 Å².